The maximum atomic E-state index is 12.4. The van der Waals surface area contributed by atoms with Gasteiger partial charge < -0.3 is 0 Å². The fraction of sp³-hybridized carbons (Fsp3) is 0.111. The van der Waals surface area contributed by atoms with Crippen LogP contribution < -0.4 is 4.90 Å². The summed E-state index contributed by atoms with van der Waals surface area (Å²) in [5.41, 5.74) is 3.02. The van der Waals surface area contributed by atoms with Gasteiger partial charge in [0, 0.05) is 16.0 Å². The van der Waals surface area contributed by atoms with Crippen LogP contribution in [0.4, 0.5) is 5.13 Å². The van der Waals surface area contributed by atoms with E-state index in [0.717, 1.165) is 22.0 Å². The number of carbonyl (C=O) groups is 1. The van der Waals surface area contributed by atoms with E-state index in [9.17, 15) is 4.79 Å². The maximum absolute atomic E-state index is 12.4. The number of carbonyl (C=O) groups excluding carboxylic acids is 1. The zero-order chi connectivity index (χ0) is 16.5. The zero-order valence-electron chi connectivity index (χ0n) is 12.6. The predicted octanol–water partition coefficient (Wildman–Crippen LogP) is 5.24. The van der Waals surface area contributed by atoms with E-state index in [4.69, 9.17) is 16.6 Å². The summed E-state index contributed by atoms with van der Waals surface area (Å²) < 4.78 is 0. The van der Waals surface area contributed by atoms with Crippen molar-refractivity contribution in [3.05, 3.63) is 70.6 Å². The molecule has 0 saturated carbocycles. The SMILES string of the molecule is O=C1CSC(c2ccc(Cl)cc2)N1c1nc(-c2ccccc2)cs1. The Morgan fingerprint density at radius 1 is 1.08 bits per heavy atom. The van der Waals surface area contributed by atoms with Crippen LogP contribution in [-0.4, -0.2) is 16.6 Å². The summed E-state index contributed by atoms with van der Waals surface area (Å²) in [5.74, 6) is 0.557. The molecule has 2 aromatic carbocycles. The normalized spacial score (nSPS) is 17.5. The van der Waals surface area contributed by atoms with Crippen LogP contribution in [0.25, 0.3) is 11.3 Å². The highest BCUT2D eigenvalue weighted by Crippen LogP contribution is 2.43. The molecule has 0 bridgehead atoms. The smallest absolute Gasteiger partial charge is 0.240 e. The van der Waals surface area contributed by atoms with Crippen LogP contribution in [0.2, 0.25) is 5.02 Å². The van der Waals surface area contributed by atoms with E-state index in [2.05, 4.69) is 0 Å². The lowest BCUT2D eigenvalue weighted by Gasteiger charge is -2.21. The summed E-state index contributed by atoms with van der Waals surface area (Å²) in [6.07, 6.45) is 0. The molecular weight excluding hydrogens is 360 g/mol. The second kappa shape index (κ2) is 6.59. The third-order valence-electron chi connectivity index (χ3n) is 3.79. The summed E-state index contributed by atoms with van der Waals surface area (Å²) in [4.78, 5) is 18.9. The molecule has 120 valence electrons. The molecule has 1 atom stereocenters. The molecule has 1 aliphatic rings. The molecule has 1 unspecified atom stereocenters. The van der Waals surface area contributed by atoms with Gasteiger partial charge in [-0.25, -0.2) is 4.98 Å². The van der Waals surface area contributed by atoms with Gasteiger partial charge in [0.2, 0.25) is 5.91 Å². The summed E-state index contributed by atoms with van der Waals surface area (Å²) in [7, 11) is 0. The fourth-order valence-corrected chi connectivity index (χ4v) is 4.85. The van der Waals surface area contributed by atoms with E-state index in [0.29, 0.717) is 10.8 Å². The Bertz CT molecular complexity index is 864. The molecule has 1 fully saturated rings. The van der Waals surface area contributed by atoms with Crippen molar-refractivity contribution < 1.29 is 4.79 Å². The standard InChI is InChI=1S/C18H13ClN2OS2/c19-14-8-6-13(7-9-14)17-21(16(22)11-23-17)18-20-15(10-24-18)12-4-2-1-3-5-12/h1-10,17H,11H2. The van der Waals surface area contributed by atoms with Gasteiger partial charge in [0.25, 0.3) is 0 Å². The van der Waals surface area contributed by atoms with Gasteiger partial charge in [-0.2, -0.15) is 0 Å². The quantitative estimate of drug-likeness (QED) is 0.630. The molecule has 6 heteroatoms. The number of hydrogen-bond donors (Lipinski definition) is 0. The van der Waals surface area contributed by atoms with Crippen molar-refractivity contribution in [1.29, 1.82) is 0 Å². The summed E-state index contributed by atoms with van der Waals surface area (Å²) in [6, 6.07) is 17.7. The Balaban J connectivity index is 1.67. The van der Waals surface area contributed by atoms with Crippen molar-refractivity contribution in [2.75, 3.05) is 10.7 Å². The molecule has 0 aliphatic carbocycles. The first-order chi connectivity index (χ1) is 11.7. The number of nitrogens with zero attached hydrogens (tertiary/aromatic N) is 2. The minimum Gasteiger partial charge on any atom is -0.273 e. The minimum absolute atomic E-state index is 0.0514. The van der Waals surface area contributed by atoms with Crippen LogP contribution in [0.1, 0.15) is 10.9 Å². The summed E-state index contributed by atoms with van der Waals surface area (Å²) >= 11 is 9.09. The first kappa shape index (κ1) is 15.7. The third-order valence-corrected chi connectivity index (χ3v) is 6.09. The van der Waals surface area contributed by atoms with Crippen LogP contribution in [-0.2, 0) is 4.79 Å². The number of thioether (sulfide) groups is 1. The molecule has 4 rings (SSSR count). The van der Waals surface area contributed by atoms with Crippen LogP contribution in [0, 0.1) is 0 Å². The number of halogens is 1. The van der Waals surface area contributed by atoms with Gasteiger partial charge in [-0.05, 0) is 17.7 Å². The van der Waals surface area contributed by atoms with Crippen LogP contribution in [0.15, 0.2) is 60.0 Å². The molecule has 2 heterocycles. The molecule has 24 heavy (non-hydrogen) atoms. The van der Waals surface area contributed by atoms with Gasteiger partial charge in [-0.3, -0.25) is 9.69 Å². The molecule has 1 aromatic heterocycles. The van der Waals surface area contributed by atoms with E-state index in [1.54, 1.807) is 16.7 Å². The lowest BCUT2D eigenvalue weighted by molar-refractivity contribution is -0.115. The highest BCUT2D eigenvalue weighted by Gasteiger charge is 2.35. The average molecular weight is 373 g/mol. The van der Waals surface area contributed by atoms with E-state index >= 15 is 0 Å². The van der Waals surface area contributed by atoms with E-state index < -0.39 is 0 Å². The highest BCUT2D eigenvalue weighted by atomic mass is 35.5. The van der Waals surface area contributed by atoms with E-state index in [1.165, 1.54) is 11.3 Å². The topological polar surface area (TPSA) is 33.2 Å². The largest absolute Gasteiger partial charge is 0.273 e. The summed E-state index contributed by atoms with van der Waals surface area (Å²) in [6.45, 7) is 0. The lowest BCUT2D eigenvalue weighted by Crippen LogP contribution is -2.27. The van der Waals surface area contributed by atoms with Crippen molar-refractivity contribution in [1.82, 2.24) is 4.98 Å². The Morgan fingerprint density at radius 3 is 2.58 bits per heavy atom. The van der Waals surface area contributed by atoms with Gasteiger partial charge in [0.05, 0.1) is 11.4 Å². The van der Waals surface area contributed by atoms with Crippen LogP contribution in [0.3, 0.4) is 0 Å². The number of amides is 1. The first-order valence-electron chi connectivity index (χ1n) is 7.42. The predicted molar refractivity (Wildman–Crippen MR) is 102 cm³/mol. The van der Waals surface area contributed by atoms with Crippen molar-refractivity contribution >= 4 is 45.7 Å². The Hall–Kier alpha value is -1.82. The monoisotopic (exact) mass is 372 g/mol. The molecule has 3 nitrogen and oxygen atoms in total. The Morgan fingerprint density at radius 2 is 1.83 bits per heavy atom. The number of rotatable bonds is 3. The minimum atomic E-state index is -0.0514. The summed E-state index contributed by atoms with van der Waals surface area (Å²) in [5, 5.41) is 3.38. The second-order valence-corrected chi connectivity index (χ2v) is 7.70. The fourth-order valence-electron chi connectivity index (χ4n) is 2.62. The third kappa shape index (κ3) is 2.95. The molecule has 0 spiro atoms. The zero-order valence-corrected chi connectivity index (χ0v) is 14.9. The molecule has 0 radical (unpaired) electrons. The van der Waals surface area contributed by atoms with Crippen LogP contribution >= 0.6 is 34.7 Å². The highest BCUT2D eigenvalue weighted by molar-refractivity contribution is 8.00. The van der Waals surface area contributed by atoms with E-state index in [-0.39, 0.29) is 11.3 Å². The van der Waals surface area contributed by atoms with Gasteiger partial charge in [0.1, 0.15) is 5.37 Å². The molecular formula is C18H13ClN2OS2. The Labute approximate surface area is 153 Å². The van der Waals surface area contributed by atoms with Crippen molar-refractivity contribution in [3.8, 4) is 11.3 Å². The van der Waals surface area contributed by atoms with Gasteiger partial charge in [0.15, 0.2) is 5.13 Å². The lowest BCUT2D eigenvalue weighted by atomic mass is 10.2. The van der Waals surface area contributed by atoms with Gasteiger partial charge >= 0.3 is 0 Å². The number of benzene rings is 2. The number of thiazole rings is 1. The van der Waals surface area contributed by atoms with Crippen molar-refractivity contribution in [2.24, 2.45) is 0 Å². The number of aromatic nitrogens is 1. The van der Waals surface area contributed by atoms with Crippen molar-refractivity contribution in [2.45, 2.75) is 5.37 Å². The van der Waals surface area contributed by atoms with Gasteiger partial charge in [-0.15, -0.1) is 23.1 Å². The second-order valence-electron chi connectivity index (χ2n) is 5.36. The van der Waals surface area contributed by atoms with Crippen LogP contribution in [0.5, 0.6) is 0 Å². The molecule has 0 N–H and O–H groups in total. The molecule has 1 aliphatic heterocycles. The molecule has 1 amide bonds. The molecule has 3 aromatic rings. The van der Waals surface area contributed by atoms with Crippen molar-refractivity contribution in [3.63, 3.8) is 0 Å². The Kier molecular flexibility index (Phi) is 4.31. The average Bonchev–Trinajstić information content (AvgIpc) is 3.23. The van der Waals surface area contributed by atoms with Gasteiger partial charge in [-0.1, -0.05) is 54.1 Å². The van der Waals surface area contributed by atoms with E-state index in [1.807, 2.05) is 60.0 Å². The first-order valence-corrected chi connectivity index (χ1v) is 9.73. The molecule has 1 saturated heterocycles. The number of anilines is 1. The number of hydrogen-bond acceptors (Lipinski definition) is 4. The maximum Gasteiger partial charge on any atom is 0.240 e.